The standard InChI is InChI=1S/C8H14F3N/c1-12(2)7-4-3-6(5-7)8(9,10)11/h6-7H,3-5H2,1-2H3. The van der Waals surface area contributed by atoms with E-state index in [0.717, 1.165) is 0 Å². The second kappa shape index (κ2) is 3.24. The lowest BCUT2D eigenvalue weighted by Crippen LogP contribution is -2.27. The van der Waals surface area contributed by atoms with Crippen molar-refractivity contribution in [2.75, 3.05) is 14.1 Å². The fraction of sp³-hybridized carbons (Fsp3) is 1.00. The zero-order chi connectivity index (χ0) is 9.35. The first kappa shape index (κ1) is 9.84. The summed E-state index contributed by atoms with van der Waals surface area (Å²) in [7, 11) is 3.67. The first-order valence-electron chi connectivity index (χ1n) is 4.14. The lowest BCUT2D eigenvalue weighted by Gasteiger charge is -2.19. The molecular weight excluding hydrogens is 167 g/mol. The minimum absolute atomic E-state index is 0.122. The number of alkyl halides is 3. The Kier molecular flexibility index (Phi) is 2.66. The largest absolute Gasteiger partial charge is 0.391 e. The molecule has 0 amide bonds. The van der Waals surface area contributed by atoms with E-state index in [1.165, 1.54) is 0 Å². The maximum atomic E-state index is 12.2. The summed E-state index contributed by atoms with van der Waals surface area (Å²) < 4.78 is 36.5. The first-order chi connectivity index (χ1) is 5.41. The van der Waals surface area contributed by atoms with Crippen molar-refractivity contribution in [3.8, 4) is 0 Å². The molecule has 2 atom stereocenters. The summed E-state index contributed by atoms with van der Waals surface area (Å²) in [6.07, 6.45) is -2.73. The lowest BCUT2D eigenvalue weighted by molar-refractivity contribution is -0.173. The van der Waals surface area contributed by atoms with Gasteiger partial charge in [0, 0.05) is 6.04 Å². The van der Waals surface area contributed by atoms with Gasteiger partial charge in [0.1, 0.15) is 0 Å². The topological polar surface area (TPSA) is 3.24 Å². The maximum absolute atomic E-state index is 12.2. The average molecular weight is 181 g/mol. The molecule has 0 radical (unpaired) electrons. The summed E-state index contributed by atoms with van der Waals surface area (Å²) in [5, 5.41) is 0. The molecule has 0 aromatic heterocycles. The van der Waals surface area contributed by atoms with E-state index in [0.29, 0.717) is 12.8 Å². The molecule has 0 heterocycles. The smallest absolute Gasteiger partial charge is 0.306 e. The van der Waals surface area contributed by atoms with Gasteiger partial charge in [0.2, 0.25) is 0 Å². The number of nitrogens with zero attached hydrogens (tertiary/aromatic N) is 1. The zero-order valence-corrected chi connectivity index (χ0v) is 7.36. The molecule has 1 rings (SSSR count). The van der Waals surface area contributed by atoms with E-state index < -0.39 is 12.1 Å². The molecule has 4 heteroatoms. The molecule has 72 valence electrons. The van der Waals surface area contributed by atoms with Gasteiger partial charge in [0.15, 0.2) is 0 Å². The highest BCUT2D eigenvalue weighted by molar-refractivity contribution is 4.84. The molecule has 0 spiro atoms. The fourth-order valence-electron chi connectivity index (χ4n) is 1.72. The highest BCUT2D eigenvalue weighted by Crippen LogP contribution is 2.39. The van der Waals surface area contributed by atoms with Gasteiger partial charge >= 0.3 is 6.18 Å². The van der Waals surface area contributed by atoms with Crippen LogP contribution in [0.3, 0.4) is 0 Å². The van der Waals surface area contributed by atoms with Crippen molar-refractivity contribution >= 4 is 0 Å². The third-order valence-corrected chi connectivity index (χ3v) is 2.60. The molecule has 1 aliphatic carbocycles. The van der Waals surface area contributed by atoms with Crippen molar-refractivity contribution < 1.29 is 13.2 Å². The molecule has 1 saturated carbocycles. The van der Waals surface area contributed by atoms with Crippen molar-refractivity contribution in [1.82, 2.24) is 4.90 Å². The molecule has 0 aromatic carbocycles. The molecule has 0 aliphatic heterocycles. The van der Waals surface area contributed by atoms with Gasteiger partial charge in [-0.25, -0.2) is 0 Å². The molecular formula is C8H14F3N. The van der Waals surface area contributed by atoms with Crippen LogP contribution in [-0.2, 0) is 0 Å². The molecule has 1 aliphatic rings. The normalized spacial score (nSPS) is 31.5. The van der Waals surface area contributed by atoms with Gasteiger partial charge in [-0.15, -0.1) is 0 Å². The molecule has 0 aromatic rings. The highest BCUT2D eigenvalue weighted by atomic mass is 19.4. The highest BCUT2D eigenvalue weighted by Gasteiger charge is 2.44. The third kappa shape index (κ3) is 2.12. The van der Waals surface area contributed by atoms with Gasteiger partial charge < -0.3 is 4.90 Å². The molecule has 0 N–H and O–H groups in total. The fourth-order valence-corrected chi connectivity index (χ4v) is 1.72. The quantitative estimate of drug-likeness (QED) is 0.599. The van der Waals surface area contributed by atoms with Crippen molar-refractivity contribution in [3.63, 3.8) is 0 Å². The number of rotatable bonds is 1. The van der Waals surface area contributed by atoms with E-state index in [4.69, 9.17) is 0 Å². The number of halogens is 3. The van der Waals surface area contributed by atoms with Crippen LogP contribution in [0.2, 0.25) is 0 Å². The molecule has 12 heavy (non-hydrogen) atoms. The van der Waals surface area contributed by atoms with Crippen LogP contribution in [0.1, 0.15) is 19.3 Å². The van der Waals surface area contributed by atoms with Crippen LogP contribution >= 0.6 is 0 Å². The summed E-state index contributed by atoms with van der Waals surface area (Å²) in [6.45, 7) is 0. The predicted octanol–water partition coefficient (Wildman–Crippen LogP) is 2.28. The summed E-state index contributed by atoms with van der Waals surface area (Å²) in [5.41, 5.74) is 0. The summed E-state index contributed by atoms with van der Waals surface area (Å²) in [4.78, 5) is 1.88. The van der Waals surface area contributed by atoms with Crippen LogP contribution in [0, 0.1) is 5.92 Å². The Bertz CT molecular complexity index is 153. The van der Waals surface area contributed by atoms with Crippen LogP contribution in [0.4, 0.5) is 13.2 Å². The minimum atomic E-state index is -3.98. The monoisotopic (exact) mass is 181 g/mol. The Morgan fingerprint density at radius 3 is 2.00 bits per heavy atom. The third-order valence-electron chi connectivity index (χ3n) is 2.60. The molecule has 2 unspecified atom stereocenters. The first-order valence-corrected chi connectivity index (χ1v) is 4.14. The summed E-state index contributed by atoms with van der Waals surface area (Å²) in [5.74, 6) is -1.06. The Balaban J connectivity index is 2.46. The van der Waals surface area contributed by atoms with Gasteiger partial charge in [-0.05, 0) is 33.4 Å². The van der Waals surface area contributed by atoms with Crippen molar-refractivity contribution in [1.29, 1.82) is 0 Å². The van der Waals surface area contributed by atoms with Crippen LogP contribution in [0.5, 0.6) is 0 Å². The molecule has 0 bridgehead atoms. The summed E-state index contributed by atoms with van der Waals surface area (Å²) in [6, 6.07) is 0.122. The van der Waals surface area contributed by atoms with Crippen LogP contribution in [0.15, 0.2) is 0 Å². The van der Waals surface area contributed by atoms with E-state index in [2.05, 4.69) is 0 Å². The number of hydrogen-bond acceptors (Lipinski definition) is 1. The Morgan fingerprint density at radius 1 is 1.17 bits per heavy atom. The van der Waals surface area contributed by atoms with E-state index in [1.807, 2.05) is 19.0 Å². The zero-order valence-electron chi connectivity index (χ0n) is 7.36. The second-order valence-electron chi connectivity index (χ2n) is 3.67. The molecule has 1 fully saturated rings. The minimum Gasteiger partial charge on any atom is -0.306 e. The van der Waals surface area contributed by atoms with Crippen LogP contribution < -0.4 is 0 Å². The van der Waals surface area contributed by atoms with Crippen LogP contribution in [-0.4, -0.2) is 31.2 Å². The van der Waals surface area contributed by atoms with Gasteiger partial charge in [-0.2, -0.15) is 13.2 Å². The SMILES string of the molecule is CN(C)C1CCC(C(F)(F)F)C1. The van der Waals surface area contributed by atoms with E-state index in [-0.39, 0.29) is 12.5 Å². The number of hydrogen-bond donors (Lipinski definition) is 0. The van der Waals surface area contributed by atoms with E-state index in [1.54, 1.807) is 0 Å². The van der Waals surface area contributed by atoms with Gasteiger partial charge in [-0.3, -0.25) is 0 Å². The molecule has 1 nitrogen and oxygen atoms in total. The average Bonchev–Trinajstić information content (AvgIpc) is 2.30. The van der Waals surface area contributed by atoms with Gasteiger partial charge in [0.25, 0.3) is 0 Å². The Hall–Kier alpha value is -0.250. The van der Waals surface area contributed by atoms with E-state index >= 15 is 0 Å². The van der Waals surface area contributed by atoms with Gasteiger partial charge in [0.05, 0.1) is 5.92 Å². The van der Waals surface area contributed by atoms with Crippen molar-refractivity contribution in [2.45, 2.75) is 31.5 Å². The lowest BCUT2D eigenvalue weighted by atomic mass is 10.1. The van der Waals surface area contributed by atoms with Crippen molar-refractivity contribution in [3.05, 3.63) is 0 Å². The van der Waals surface area contributed by atoms with Crippen LogP contribution in [0.25, 0.3) is 0 Å². The maximum Gasteiger partial charge on any atom is 0.391 e. The Morgan fingerprint density at radius 2 is 1.75 bits per heavy atom. The van der Waals surface area contributed by atoms with Gasteiger partial charge in [-0.1, -0.05) is 0 Å². The predicted molar refractivity (Wildman–Crippen MR) is 40.9 cm³/mol. The Labute approximate surface area is 70.5 Å². The molecule has 0 saturated heterocycles. The summed E-state index contributed by atoms with van der Waals surface area (Å²) >= 11 is 0. The van der Waals surface area contributed by atoms with Crippen molar-refractivity contribution in [2.24, 2.45) is 5.92 Å². The van der Waals surface area contributed by atoms with E-state index in [9.17, 15) is 13.2 Å². The second-order valence-corrected chi connectivity index (χ2v) is 3.67.